The molecule has 0 radical (unpaired) electrons. The van der Waals surface area contributed by atoms with E-state index in [1.165, 1.54) is 0 Å². The molecule has 0 spiro atoms. The number of allylic oxidation sites excluding steroid dienone is 1. The molecule has 2 heterocycles. The molecule has 4 rings (SSSR count). The molecular formula is C22H21ClN4O2S. The summed E-state index contributed by atoms with van der Waals surface area (Å²) in [4.78, 5) is 6.69. The second kappa shape index (κ2) is 8.45. The van der Waals surface area contributed by atoms with Gasteiger partial charge < -0.3 is 19.5 Å². The first-order chi connectivity index (χ1) is 14.5. The highest BCUT2D eigenvalue weighted by molar-refractivity contribution is 7.80. The standard InChI is InChI=1S/C22H21ClN4O2S/c1-4-27-13(2)18(19(24-22(27)30)14-8-10-17(28-3)11-9-14)21-25-20(26-29-21)15-6-5-7-16(23)12-15/h5-12,19H,4H2,1-3H3,(H,24,30). The minimum atomic E-state index is -0.223. The van der Waals surface area contributed by atoms with Crippen molar-refractivity contribution in [2.24, 2.45) is 0 Å². The quantitative estimate of drug-likeness (QED) is 0.555. The Morgan fingerprint density at radius 3 is 2.67 bits per heavy atom. The molecule has 1 N–H and O–H groups in total. The minimum absolute atomic E-state index is 0.223. The maximum Gasteiger partial charge on any atom is 0.258 e. The average molecular weight is 441 g/mol. The lowest BCUT2D eigenvalue weighted by Crippen LogP contribution is -2.45. The molecular weight excluding hydrogens is 420 g/mol. The zero-order valence-corrected chi connectivity index (χ0v) is 18.4. The highest BCUT2D eigenvalue weighted by Crippen LogP contribution is 2.37. The lowest BCUT2D eigenvalue weighted by atomic mass is 9.94. The number of aromatic nitrogens is 2. The summed E-state index contributed by atoms with van der Waals surface area (Å²) in [6.45, 7) is 4.80. The Bertz CT molecular complexity index is 1110. The fourth-order valence-corrected chi connectivity index (χ4v) is 4.14. The lowest BCUT2D eigenvalue weighted by molar-refractivity contribution is 0.398. The van der Waals surface area contributed by atoms with E-state index < -0.39 is 0 Å². The predicted octanol–water partition coefficient (Wildman–Crippen LogP) is 5.08. The van der Waals surface area contributed by atoms with Gasteiger partial charge in [0.15, 0.2) is 5.11 Å². The van der Waals surface area contributed by atoms with Gasteiger partial charge in [0.25, 0.3) is 5.89 Å². The van der Waals surface area contributed by atoms with Crippen LogP contribution in [0.25, 0.3) is 17.0 Å². The lowest BCUT2D eigenvalue weighted by Gasteiger charge is -2.36. The van der Waals surface area contributed by atoms with E-state index in [-0.39, 0.29) is 6.04 Å². The van der Waals surface area contributed by atoms with Crippen LogP contribution in [-0.2, 0) is 0 Å². The summed E-state index contributed by atoms with van der Waals surface area (Å²) in [6.07, 6.45) is 0. The smallest absolute Gasteiger partial charge is 0.258 e. The minimum Gasteiger partial charge on any atom is -0.497 e. The Labute approximate surface area is 185 Å². The zero-order valence-electron chi connectivity index (χ0n) is 16.8. The number of rotatable bonds is 5. The van der Waals surface area contributed by atoms with E-state index in [1.807, 2.05) is 67.3 Å². The molecule has 1 unspecified atom stereocenters. The number of methoxy groups -OCH3 is 1. The molecule has 1 aliphatic rings. The third-order valence-corrected chi connectivity index (χ3v) is 5.67. The van der Waals surface area contributed by atoms with Gasteiger partial charge in [-0.2, -0.15) is 4.98 Å². The van der Waals surface area contributed by atoms with Gasteiger partial charge in [-0.25, -0.2) is 0 Å². The van der Waals surface area contributed by atoms with E-state index in [9.17, 15) is 0 Å². The van der Waals surface area contributed by atoms with E-state index in [0.717, 1.165) is 34.7 Å². The normalized spacial score (nSPS) is 16.6. The molecule has 2 aromatic carbocycles. The van der Waals surface area contributed by atoms with Gasteiger partial charge in [0.05, 0.1) is 18.7 Å². The molecule has 6 nitrogen and oxygen atoms in total. The summed E-state index contributed by atoms with van der Waals surface area (Å²) >= 11 is 11.7. The van der Waals surface area contributed by atoms with Crippen LogP contribution >= 0.6 is 23.8 Å². The fourth-order valence-electron chi connectivity index (χ4n) is 3.56. The Hall–Kier alpha value is -2.90. The topological polar surface area (TPSA) is 63.4 Å². The molecule has 0 saturated carbocycles. The van der Waals surface area contributed by atoms with Gasteiger partial charge in [-0.3, -0.25) is 0 Å². The molecule has 1 aromatic heterocycles. The monoisotopic (exact) mass is 440 g/mol. The van der Waals surface area contributed by atoms with Gasteiger partial charge >= 0.3 is 0 Å². The maximum absolute atomic E-state index is 6.12. The van der Waals surface area contributed by atoms with Crippen LogP contribution < -0.4 is 10.1 Å². The van der Waals surface area contributed by atoms with Crippen molar-refractivity contribution in [1.29, 1.82) is 0 Å². The van der Waals surface area contributed by atoms with Crippen LogP contribution in [0.1, 0.15) is 31.3 Å². The third kappa shape index (κ3) is 3.78. The van der Waals surface area contributed by atoms with E-state index in [4.69, 9.17) is 33.1 Å². The zero-order chi connectivity index (χ0) is 21.3. The SMILES string of the molecule is CCN1C(=S)NC(c2ccc(OC)cc2)C(c2nc(-c3cccc(Cl)c3)no2)=C1C. The van der Waals surface area contributed by atoms with E-state index in [0.29, 0.717) is 21.9 Å². The van der Waals surface area contributed by atoms with Crippen LogP contribution in [0, 0.1) is 0 Å². The molecule has 1 atom stereocenters. The number of nitrogens with zero attached hydrogens (tertiary/aromatic N) is 3. The molecule has 0 amide bonds. The van der Waals surface area contributed by atoms with Crippen LogP contribution in [-0.4, -0.2) is 33.8 Å². The maximum atomic E-state index is 6.12. The molecule has 0 bridgehead atoms. The van der Waals surface area contributed by atoms with Crippen molar-refractivity contribution in [2.45, 2.75) is 19.9 Å². The van der Waals surface area contributed by atoms with Gasteiger partial charge in [-0.1, -0.05) is 41.0 Å². The second-order valence-electron chi connectivity index (χ2n) is 6.83. The van der Waals surface area contributed by atoms with Crippen LogP contribution in [0.2, 0.25) is 5.02 Å². The highest BCUT2D eigenvalue weighted by atomic mass is 35.5. The van der Waals surface area contributed by atoms with Crippen molar-refractivity contribution in [3.05, 3.63) is 70.7 Å². The summed E-state index contributed by atoms with van der Waals surface area (Å²) in [5, 5.41) is 8.88. The van der Waals surface area contributed by atoms with Crippen molar-refractivity contribution < 1.29 is 9.26 Å². The van der Waals surface area contributed by atoms with Crippen LogP contribution in [0.5, 0.6) is 5.75 Å². The van der Waals surface area contributed by atoms with Crippen molar-refractivity contribution in [2.75, 3.05) is 13.7 Å². The highest BCUT2D eigenvalue weighted by Gasteiger charge is 2.33. The van der Waals surface area contributed by atoms with Gasteiger partial charge in [-0.05, 0) is 55.9 Å². The van der Waals surface area contributed by atoms with Gasteiger partial charge in [0.1, 0.15) is 5.75 Å². The first-order valence-electron chi connectivity index (χ1n) is 9.54. The van der Waals surface area contributed by atoms with Crippen LogP contribution in [0.3, 0.4) is 0 Å². The summed E-state index contributed by atoms with van der Waals surface area (Å²) < 4.78 is 11.0. The second-order valence-corrected chi connectivity index (χ2v) is 7.66. The number of hydrogen-bond donors (Lipinski definition) is 1. The molecule has 154 valence electrons. The van der Waals surface area contributed by atoms with Crippen molar-refractivity contribution in [1.82, 2.24) is 20.4 Å². The number of nitrogens with one attached hydrogen (secondary N) is 1. The molecule has 0 saturated heterocycles. The number of halogens is 1. The first-order valence-corrected chi connectivity index (χ1v) is 10.3. The van der Waals surface area contributed by atoms with Crippen molar-refractivity contribution in [3.8, 4) is 17.1 Å². The third-order valence-electron chi connectivity index (χ3n) is 5.10. The van der Waals surface area contributed by atoms with Gasteiger partial charge in [-0.15, -0.1) is 0 Å². The van der Waals surface area contributed by atoms with Crippen LogP contribution in [0.15, 0.2) is 58.8 Å². The van der Waals surface area contributed by atoms with Gasteiger partial charge in [0, 0.05) is 22.8 Å². The molecule has 8 heteroatoms. The Balaban J connectivity index is 1.80. The Morgan fingerprint density at radius 1 is 1.23 bits per heavy atom. The molecule has 30 heavy (non-hydrogen) atoms. The molecule has 0 fully saturated rings. The Morgan fingerprint density at radius 2 is 2.00 bits per heavy atom. The molecule has 0 aliphatic carbocycles. The number of thiocarbonyl (C=S) groups is 1. The van der Waals surface area contributed by atoms with Crippen LogP contribution in [0.4, 0.5) is 0 Å². The summed E-state index contributed by atoms with van der Waals surface area (Å²) in [5.41, 5.74) is 3.67. The molecule has 1 aliphatic heterocycles. The number of benzene rings is 2. The fraction of sp³-hybridized carbons (Fsp3) is 0.227. The Kier molecular flexibility index (Phi) is 5.74. The van der Waals surface area contributed by atoms with E-state index >= 15 is 0 Å². The summed E-state index contributed by atoms with van der Waals surface area (Å²) in [6, 6.07) is 15.0. The van der Waals surface area contributed by atoms with Crippen molar-refractivity contribution >= 4 is 34.5 Å². The summed E-state index contributed by atoms with van der Waals surface area (Å²) in [7, 11) is 1.65. The van der Waals surface area contributed by atoms with E-state index in [2.05, 4.69) is 15.5 Å². The largest absolute Gasteiger partial charge is 0.497 e. The first kappa shape index (κ1) is 20.4. The van der Waals surface area contributed by atoms with Gasteiger partial charge in [0.2, 0.25) is 5.82 Å². The number of hydrogen-bond acceptors (Lipinski definition) is 5. The average Bonchev–Trinajstić information content (AvgIpc) is 3.23. The number of ether oxygens (including phenoxy) is 1. The molecule has 3 aromatic rings. The predicted molar refractivity (Wildman–Crippen MR) is 121 cm³/mol. The summed E-state index contributed by atoms with van der Waals surface area (Å²) in [5.74, 6) is 1.71. The van der Waals surface area contributed by atoms with E-state index in [1.54, 1.807) is 7.11 Å². The van der Waals surface area contributed by atoms with Crippen molar-refractivity contribution in [3.63, 3.8) is 0 Å².